The standard InChI is InChI=1S/C15H19N3O.C3H6.C2H6/c1-14-10-17(12-16-14)8-5-9-18(13-19)11-15-6-3-2-4-7-15;1-3-2;1-2/h2-4,6-7,10,12-13H,5,8-9,11H2,1H3;3H,1H2,2H3;1-2H3. The Kier molecular flexibility index (Phi) is 12.8. The molecule has 24 heavy (non-hydrogen) atoms. The number of benzene rings is 1. The van der Waals surface area contributed by atoms with Crippen LogP contribution in [-0.4, -0.2) is 27.4 Å². The first kappa shape index (κ1) is 21.6. The fourth-order valence-electron chi connectivity index (χ4n) is 2.04. The topological polar surface area (TPSA) is 38.1 Å². The molecule has 0 saturated heterocycles. The molecule has 0 radical (unpaired) electrons. The third-order valence-electron chi connectivity index (χ3n) is 3.00. The van der Waals surface area contributed by atoms with Crippen molar-refractivity contribution < 1.29 is 4.79 Å². The molecule has 1 heterocycles. The molecule has 2 aromatic rings. The predicted molar refractivity (Wildman–Crippen MR) is 102 cm³/mol. The zero-order valence-electron chi connectivity index (χ0n) is 15.5. The van der Waals surface area contributed by atoms with Crippen LogP contribution in [-0.2, 0) is 17.9 Å². The Balaban J connectivity index is 0.000000952. The molecule has 1 aromatic heterocycles. The quantitative estimate of drug-likeness (QED) is 0.555. The first-order valence-electron chi connectivity index (χ1n) is 8.48. The lowest BCUT2D eigenvalue weighted by Crippen LogP contribution is -2.23. The highest BCUT2D eigenvalue weighted by Gasteiger charge is 2.03. The van der Waals surface area contributed by atoms with Crippen molar-refractivity contribution in [1.82, 2.24) is 14.5 Å². The third-order valence-corrected chi connectivity index (χ3v) is 3.00. The molecule has 0 atom stereocenters. The molecule has 0 aliphatic carbocycles. The van der Waals surface area contributed by atoms with Gasteiger partial charge in [-0.2, -0.15) is 0 Å². The van der Waals surface area contributed by atoms with Gasteiger partial charge in [0.05, 0.1) is 12.0 Å². The number of aryl methyl sites for hydroxylation is 2. The Morgan fingerprint density at radius 1 is 1.25 bits per heavy atom. The highest BCUT2D eigenvalue weighted by molar-refractivity contribution is 5.47. The average molecular weight is 329 g/mol. The van der Waals surface area contributed by atoms with E-state index in [9.17, 15) is 4.79 Å². The van der Waals surface area contributed by atoms with Gasteiger partial charge < -0.3 is 9.47 Å². The molecule has 0 unspecified atom stereocenters. The molecule has 132 valence electrons. The van der Waals surface area contributed by atoms with E-state index in [1.165, 1.54) is 0 Å². The van der Waals surface area contributed by atoms with Crippen molar-refractivity contribution >= 4 is 6.41 Å². The predicted octanol–water partition coefficient (Wildman–Crippen LogP) is 4.46. The maximum atomic E-state index is 11.1. The molecule has 0 bridgehead atoms. The fraction of sp³-hybridized carbons (Fsp3) is 0.400. The number of amides is 1. The number of carbonyl (C=O) groups is 1. The maximum Gasteiger partial charge on any atom is 0.210 e. The van der Waals surface area contributed by atoms with Gasteiger partial charge >= 0.3 is 0 Å². The molecule has 4 nitrogen and oxygen atoms in total. The van der Waals surface area contributed by atoms with Gasteiger partial charge in [-0.25, -0.2) is 4.98 Å². The minimum absolute atomic E-state index is 0.674. The molecule has 0 aliphatic rings. The smallest absolute Gasteiger partial charge is 0.210 e. The van der Waals surface area contributed by atoms with E-state index in [2.05, 4.69) is 16.1 Å². The van der Waals surface area contributed by atoms with Crippen LogP contribution >= 0.6 is 0 Å². The van der Waals surface area contributed by atoms with Crippen LogP contribution in [0.25, 0.3) is 0 Å². The summed E-state index contributed by atoms with van der Waals surface area (Å²) in [5.41, 5.74) is 2.18. The molecule has 0 saturated carbocycles. The van der Waals surface area contributed by atoms with E-state index in [1.807, 2.05) is 70.6 Å². The van der Waals surface area contributed by atoms with E-state index in [-0.39, 0.29) is 0 Å². The maximum absolute atomic E-state index is 11.1. The van der Waals surface area contributed by atoms with E-state index in [4.69, 9.17) is 0 Å². The molecule has 2 rings (SSSR count). The second-order valence-electron chi connectivity index (χ2n) is 5.08. The van der Waals surface area contributed by atoms with Gasteiger partial charge in [0, 0.05) is 25.8 Å². The molecule has 1 amide bonds. The summed E-state index contributed by atoms with van der Waals surface area (Å²) >= 11 is 0. The van der Waals surface area contributed by atoms with E-state index in [0.717, 1.165) is 37.2 Å². The summed E-state index contributed by atoms with van der Waals surface area (Å²) in [5, 5.41) is 0. The average Bonchev–Trinajstić information content (AvgIpc) is 3.03. The Labute approximate surface area is 146 Å². The van der Waals surface area contributed by atoms with Crippen molar-refractivity contribution in [2.75, 3.05) is 6.54 Å². The van der Waals surface area contributed by atoms with Crippen LogP contribution in [0.15, 0.2) is 55.5 Å². The first-order chi connectivity index (χ1) is 11.7. The lowest BCUT2D eigenvalue weighted by molar-refractivity contribution is -0.118. The lowest BCUT2D eigenvalue weighted by atomic mass is 10.2. The van der Waals surface area contributed by atoms with E-state index >= 15 is 0 Å². The largest absolute Gasteiger partial charge is 0.341 e. The number of imidazole rings is 1. The highest BCUT2D eigenvalue weighted by atomic mass is 16.1. The van der Waals surface area contributed by atoms with E-state index in [0.29, 0.717) is 6.54 Å². The Hall–Kier alpha value is -2.36. The summed E-state index contributed by atoms with van der Waals surface area (Å²) in [6.45, 7) is 13.5. The van der Waals surface area contributed by atoms with Crippen molar-refractivity contribution in [3.8, 4) is 0 Å². The van der Waals surface area contributed by atoms with Crippen LogP contribution in [0, 0.1) is 6.92 Å². The third kappa shape index (κ3) is 9.62. The van der Waals surface area contributed by atoms with Crippen LogP contribution in [0.1, 0.15) is 38.4 Å². The number of carbonyl (C=O) groups excluding carboxylic acids is 1. The second-order valence-corrected chi connectivity index (χ2v) is 5.08. The zero-order chi connectivity index (χ0) is 18.2. The fourth-order valence-corrected chi connectivity index (χ4v) is 2.04. The molecule has 4 heteroatoms. The molecular formula is C20H31N3O. The van der Waals surface area contributed by atoms with Crippen LogP contribution in [0.4, 0.5) is 0 Å². The van der Waals surface area contributed by atoms with E-state index in [1.54, 1.807) is 11.0 Å². The summed E-state index contributed by atoms with van der Waals surface area (Å²) in [6, 6.07) is 10.0. The monoisotopic (exact) mass is 329 g/mol. The zero-order valence-corrected chi connectivity index (χ0v) is 15.5. The first-order valence-corrected chi connectivity index (χ1v) is 8.48. The van der Waals surface area contributed by atoms with Gasteiger partial charge in [-0.05, 0) is 25.8 Å². The highest BCUT2D eigenvalue weighted by Crippen LogP contribution is 2.04. The van der Waals surface area contributed by atoms with Gasteiger partial charge in [-0.3, -0.25) is 4.79 Å². The van der Waals surface area contributed by atoms with E-state index < -0.39 is 0 Å². The van der Waals surface area contributed by atoms with Gasteiger partial charge in [0.2, 0.25) is 6.41 Å². The van der Waals surface area contributed by atoms with Crippen LogP contribution in [0.3, 0.4) is 0 Å². The summed E-state index contributed by atoms with van der Waals surface area (Å²) in [6.07, 6.45) is 7.45. The molecule has 1 aromatic carbocycles. The molecule has 0 fully saturated rings. The number of allylic oxidation sites excluding steroid dienone is 1. The van der Waals surface area contributed by atoms with Crippen molar-refractivity contribution in [3.63, 3.8) is 0 Å². The van der Waals surface area contributed by atoms with Gasteiger partial charge in [-0.15, -0.1) is 6.58 Å². The molecular weight excluding hydrogens is 298 g/mol. The normalized spacial score (nSPS) is 9.00. The summed E-state index contributed by atoms with van der Waals surface area (Å²) in [5.74, 6) is 0. The van der Waals surface area contributed by atoms with Crippen LogP contribution in [0.2, 0.25) is 0 Å². The second kappa shape index (κ2) is 14.2. The van der Waals surface area contributed by atoms with Crippen LogP contribution in [0.5, 0.6) is 0 Å². The van der Waals surface area contributed by atoms with Crippen molar-refractivity contribution in [3.05, 3.63) is 66.8 Å². The lowest BCUT2D eigenvalue weighted by Gasteiger charge is -2.17. The number of aromatic nitrogens is 2. The van der Waals surface area contributed by atoms with Gasteiger partial charge in [-0.1, -0.05) is 50.3 Å². The van der Waals surface area contributed by atoms with Gasteiger partial charge in [0.15, 0.2) is 0 Å². The minimum Gasteiger partial charge on any atom is -0.341 e. The van der Waals surface area contributed by atoms with Crippen molar-refractivity contribution in [1.29, 1.82) is 0 Å². The number of hydrogen-bond acceptors (Lipinski definition) is 2. The number of rotatable bonds is 7. The van der Waals surface area contributed by atoms with Crippen LogP contribution < -0.4 is 0 Å². The molecule has 0 N–H and O–H groups in total. The Morgan fingerprint density at radius 2 is 1.88 bits per heavy atom. The van der Waals surface area contributed by atoms with Crippen molar-refractivity contribution in [2.45, 2.75) is 47.2 Å². The van der Waals surface area contributed by atoms with Gasteiger partial charge in [0.25, 0.3) is 0 Å². The summed E-state index contributed by atoms with van der Waals surface area (Å²) < 4.78 is 2.06. The molecule has 0 aliphatic heterocycles. The number of nitrogens with zero attached hydrogens (tertiary/aromatic N) is 3. The summed E-state index contributed by atoms with van der Waals surface area (Å²) in [4.78, 5) is 17.0. The SMILES string of the molecule is C=CC.CC.Cc1cn(CCCN(C=O)Cc2ccccc2)cn1. The molecule has 0 spiro atoms. The van der Waals surface area contributed by atoms with Gasteiger partial charge in [0.1, 0.15) is 0 Å². The van der Waals surface area contributed by atoms with Crippen molar-refractivity contribution in [2.24, 2.45) is 0 Å². The minimum atomic E-state index is 0.674. The Morgan fingerprint density at radius 3 is 2.38 bits per heavy atom. The Bertz CT molecular complexity index is 549. The number of hydrogen-bond donors (Lipinski definition) is 0. The summed E-state index contributed by atoms with van der Waals surface area (Å²) in [7, 11) is 0.